The lowest BCUT2D eigenvalue weighted by atomic mass is 10.0. The van der Waals surface area contributed by atoms with Crippen LogP contribution in [0.2, 0.25) is 0 Å². The van der Waals surface area contributed by atoms with Crippen LogP contribution in [0.25, 0.3) is 22.0 Å². The third kappa shape index (κ3) is 4.26. The quantitative estimate of drug-likeness (QED) is 0.415. The summed E-state index contributed by atoms with van der Waals surface area (Å²) < 4.78 is 41.1. The number of carbonyl (C=O) groups excluding carboxylic acids is 1. The largest absolute Gasteiger partial charge is 0.416 e. The summed E-state index contributed by atoms with van der Waals surface area (Å²) in [4.78, 5) is 27.3. The maximum Gasteiger partial charge on any atom is 0.416 e. The number of nitrogens with two attached hydrogens (primary N) is 1. The highest BCUT2D eigenvalue weighted by Gasteiger charge is 2.31. The van der Waals surface area contributed by atoms with Gasteiger partial charge in [0.25, 0.3) is 5.56 Å². The number of nitrogens with one attached hydrogen (secondary N) is 1. The van der Waals surface area contributed by atoms with Crippen LogP contribution < -0.4 is 16.2 Å². The molecule has 0 bridgehead atoms. The van der Waals surface area contributed by atoms with E-state index in [1.54, 1.807) is 4.90 Å². The highest BCUT2D eigenvalue weighted by atomic mass is 19.4. The van der Waals surface area contributed by atoms with Crippen molar-refractivity contribution in [1.82, 2.24) is 14.8 Å². The minimum atomic E-state index is -4.46. The molecule has 0 atom stereocenters. The molecule has 1 fully saturated rings. The van der Waals surface area contributed by atoms with E-state index in [0.29, 0.717) is 35.3 Å². The summed E-state index contributed by atoms with van der Waals surface area (Å²) in [5, 5.41) is 7.06. The summed E-state index contributed by atoms with van der Waals surface area (Å²) in [5.74, 6) is 0.540. The molecule has 4 aromatic rings. The number of halogens is 3. The number of H-pyrrole nitrogens is 1. The molecular formula is C27H24F3N5O2. The Morgan fingerprint density at radius 3 is 2.73 bits per heavy atom. The summed E-state index contributed by atoms with van der Waals surface area (Å²) in [6.07, 6.45) is 0.259. The topological polar surface area (TPSA) is 97.0 Å². The van der Waals surface area contributed by atoms with Crippen molar-refractivity contribution in [3.05, 3.63) is 75.7 Å². The van der Waals surface area contributed by atoms with Gasteiger partial charge >= 0.3 is 6.18 Å². The summed E-state index contributed by atoms with van der Waals surface area (Å²) in [5.41, 5.74) is 9.33. The van der Waals surface area contributed by atoms with Gasteiger partial charge in [0.15, 0.2) is 5.82 Å². The van der Waals surface area contributed by atoms with Gasteiger partial charge in [-0.3, -0.25) is 9.59 Å². The molecule has 2 aromatic heterocycles. The number of nitrogen functional groups attached to an aromatic ring is 1. The number of aromatic amines is 1. The zero-order valence-corrected chi connectivity index (χ0v) is 19.8. The fourth-order valence-corrected chi connectivity index (χ4v) is 5.18. The van der Waals surface area contributed by atoms with Crippen LogP contribution in [-0.4, -0.2) is 27.2 Å². The monoisotopic (exact) mass is 507 g/mol. The van der Waals surface area contributed by atoms with Crippen LogP contribution in [0.15, 0.2) is 53.5 Å². The fraction of sp³-hybridized carbons (Fsp3) is 0.296. The minimum absolute atomic E-state index is 0.120. The van der Waals surface area contributed by atoms with Gasteiger partial charge in [0.2, 0.25) is 5.91 Å². The highest BCUT2D eigenvalue weighted by Crippen LogP contribution is 2.39. The van der Waals surface area contributed by atoms with Crippen LogP contribution in [0.4, 0.5) is 24.7 Å². The van der Waals surface area contributed by atoms with Crippen LogP contribution >= 0.6 is 0 Å². The molecule has 37 heavy (non-hydrogen) atoms. The first-order valence-corrected chi connectivity index (χ1v) is 12.2. The molecule has 1 saturated carbocycles. The Kier molecular flexibility index (Phi) is 5.36. The third-order valence-electron chi connectivity index (χ3n) is 7.18. The SMILES string of the molecule is Nc1n[nH]c(=O)c2c1c(-c1ccc3c(c1)CCN3C(=O)Cc1cccc(C(F)(F)F)c1)cn2CC1CC1. The zero-order chi connectivity index (χ0) is 25.9. The Bertz CT molecular complexity index is 1600. The Labute approximate surface area is 209 Å². The number of anilines is 2. The van der Waals surface area contributed by atoms with E-state index in [9.17, 15) is 22.8 Å². The lowest BCUT2D eigenvalue weighted by molar-refractivity contribution is -0.137. The number of rotatable bonds is 5. The van der Waals surface area contributed by atoms with Crippen molar-refractivity contribution in [1.29, 1.82) is 0 Å². The zero-order valence-electron chi connectivity index (χ0n) is 19.8. The first-order chi connectivity index (χ1) is 17.7. The molecule has 0 radical (unpaired) electrons. The second-order valence-corrected chi connectivity index (χ2v) is 9.81. The number of carbonyl (C=O) groups is 1. The number of alkyl halides is 3. The Hall–Kier alpha value is -4.08. The van der Waals surface area contributed by atoms with Crippen molar-refractivity contribution in [3.8, 4) is 11.1 Å². The van der Waals surface area contributed by atoms with Crippen LogP contribution in [0.5, 0.6) is 0 Å². The van der Waals surface area contributed by atoms with E-state index in [1.165, 1.54) is 12.1 Å². The van der Waals surface area contributed by atoms with E-state index < -0.39 is 11.7 Å². The van der Waals surface area contributed by atoms with Gasteiger partial charge in [0, 0.05) is 30.5 Å². The van der Waals surface area contributed by atoms with Crippen LogP contribution in [-0.2, 0) is 30.4 Å². The average Bonchev–Trinajstić information content (AvgIpc) is 3.43. The van der Waals surface area contributed by atoms with Gasteiger partial charge in [-0.1, -0.05) is 24.3 Å². The van der Waals surface area contributed by atoms with Crippen LogP contribution in [0.1, 0.15) is 29.5 Å². The molecule has 0 saturated heterocycles. The first kappa shape index (κ1) is 23.3. The lowest BCUT2D eigenvalue weighted by Gasteiger charge is -2.18. The average molecular weight is 508 g/mol. The summed E-state index contributed by atoms with van der Waals surface area (Å²) in [6, 6.07) is 10.6. The predicted octanol–water partition coefficient (Wildman–Crippen LogP) is 4.53. The van der Waals surface area contributed by atoms with E-state index in [0.717, 1.165) is 53.9 Å². The molecule has 190 valence electrons. The van der Waals surface area contributed by atoms with E-state index in [-0.39, 0.29) is 23.7 Å². The van der Waals surface area contributed by atoms with Crippen molar-refractivity contribution in [2.45, 2.75) is 38.4 Å². The first-order valence-electron chi connectivity index (χ1n) is 12.2. The summed E-state index contributed by atoms with van der Waals surface area (Å²) in [6.45, 7) is 1.19. The van der Waals surface area contributed by atoms with E-state index >= 15 is 0 Å². The molecule has 6 rings (SSSR count). The van der Waals surface area contributed by atoms with Crippen LogP contribution in [0, 0.1) is 5.92 Å². The van der Waals surface area contributed by atoms with Crippen LogP contribution in [0.3, 0.4) is 0 Å². The third-order valence-corrected chi connectivity index (χ3v) is 7.18. The number of nitrogens with zero attached hydrogens (tertiary/aromatic N) is 3. The Balaban J connectivity index is 1.31. The molecule has 10 heteroatoms. The normalized spacial score (nSPS) is 15.4. The lowest BCUT2D eigenvalue weighted by Crippen LogP contribution is -2.30. The van der Waals surface area contributed by atoms with Crippen molar-refractivity contribution >= 4 is 28.3 Å². The molecule has 0 spiro atoms. The molecule has 2 aliphatic rings. The van der Waals surface area contributed by atoms with Gasteiger partial charge in [0.1, 0.15) is 5.52 Å². The second kappa shape index (κ2) is 8.50. The molecule has 0 unspecified atom stereocenters. The maximum atomic E-state index is 13.1. The van der Waals surface area contributed by atoms with E-state index in [2.05, 4.69) is 10.2 Å². The maximum absolute atomic E-state index is 13.1. The number of aromatic nitrogens is 3. The molecule has 3 heterocycles. The highest BCUT2D eigenvalue weighted by molar-refractivity contribution is 6.03. The van der Waals surface area contributed by atoms with Gasteiger partial charge in [-0.25, -0.2) is 5.10 Å². The molecule has 3 N–H and O–H groups in total. The van der Waals surface area contributed by atoms with Gasteiger partial charge in [0.05, 0.1) is 17.4 Å². The molecule has 2 aromatic carbocycles. The molecule has 1 amide bonds. The van der Waals surface area contributed by atoms with Crippen molar-refractivity contribution in [2.24, 2.45) is 5.92 Å². The number of amides is 1. The molecule has 7 nitrogen and oxygen atoms in total. The molecular weight excluding hydrogens is 483 g/mol. The van der Waals surface area contributed by atoms with Gasteiger partial charge in [-0.05, 0) is 60.1 Å². The number of hydrogen-bond acceptors (Lipinski definition) is 4. The summed E-state index contributed by atoms with van der Waals surface area (Å²) >= 11 is 0. The Morgan fingerprint density at radius 1 is 1.16 bits per heavy atom. The van der Waals surface area contributed by atoms with Gasteiger partial charge < -0.3 is 15.2 Å². The molecule has 1 aliphatic heterocycles. The predicted molar refractivity (Wildman–Crippen MR) is 134 cm³/mol. The second-order valence-electron chi connectivity index (χ2n) is 9.81. The molecule has 1 aliphatic carbocycles. The van der Waals surface area contributed by atoms with Crippen molar-refractivity contribution < 1.29 is 18.0 Å². The number of benzene rings is 2. The van der Waals surface area contributed by atoms with Crippen molar-refractivity contribution in [3.63, 3.8) is 0 Å². The fourth-order valence-electron chi connectivity index (χ4n) is 5.18. The van der Waals surface area contributed by atoms with E-state index in [1.807, 2.05) is 29.0 Å². The van der Waals surface area contributed by atoms with Gasteiger partial charge in [-0.2, -0.15) is 18.3 Å². The Morgan fingerprint density at radius 2 is 1.97 bits per heavy atom. The number of hydrogen-bond donors (Lipinski definition) is 2. The smallest absolute Gasteiger partial charge is 0.382 e. The van der Waals surface area contributed by atoms with Crippen molar-refractivity contribution in [2.75, 3.05) is 17.2 Å². The minimum Gasteiger partial charge on any atom is -0.382 e. The summed E-state index contributed by atoms with van der Waals surface area (Å²) in [7, 11) is 0. The van der Waals surface area contributed by atoms with Gasteiger partial charge in [-0.15, -0.1) is 0 Å². The number of fused-ring (bicyclic) bond motifs is 2. The van der Waals surface area contributed by atoms with E-state index in [4.69, 9.17) is 5.73 Å². The standard InChI is InChI=1S/C27H24F3N5O2/c28-27(29,30)19-3-1-2-16(10-19)11-22(36)35-9-8-18-12-17(6-7-21(18)35)20-14-34(13-15-4-5-15)24-23(20)25(31)32-33-26(24)37/h1-3,6-7,10,12,14-15H,4-5,8-9,11,13H2,(H2,31,32)(H,33,37).